The number of H-pyrrole nitrogens is 1. The summed E-state index contributed by atoms with van der Waals surface area (Å²) >= 11 is 0. The first-order valence-corrected chi connectivity index (χ1v) is 9.18. The van der Waals surface area contributed by atoms with Gasteiger partial charge >= 0.3 is 17.8 Å². The Morgan fingerprint density at radius 1 is 1.11 bits per heavy atom. The highest BCUT2D eigenvalue weighted by atomic mass is 32.2. The fourth-order valence-electron chi connectivity index (χ4n) is 2.14. The van der Waals surface area contributed by atoms with Gasteiger partial charge in [0.2, 0.25) is 10.0 Å². The molecule has 0 aliphatic heterocycles. The van der Waals surface area contributed by atoms with Crippen LogP contribution in [-0.4, -0.2) is 32.8 Å². The molecule has 1 atom stereocenters. The van der Waals surface area contributed by atoms with Crippen molar-refractivity contribution in [1.29, 1.82) is 0 Å². The standard InChI is InChI=1S/C16H16F3N3O4S/c1-2-26-14(23)15(16(17,18)19,21-13-10-6-7-11-20-13)22-27(24,25)12-8-4-3-5-9-12/h3-11,22H,2H2,1H3,(H,20,21)/p+1/t15-/m1/s1. The third kappa shape index (κ3) is 4.55. The first kappa shape index (κ1) is 20.6. The zero-order chi connectivity index (χ0) is 20.1. The van der Waals surface area contributed by atoms with E-state index >= 15 is 0 Å². The summed E-state index contributed by atoms with van der Waals surface area (Å²) in [6.07, 6.45) is -4.06. The van der Waals surface area contributed by atoms with Crippen molar-refractivity contribution < 1.29 is 36.1 Å². The quantitative estimate of drug-likeness (QED) is 0.541. The number of benzene rings is 1. The number of carbonyl (C=O) groups is 1. The minimum Gasteiger partial charge on any atom is -0.461 e. The summed E-state index contributed by atoms with van der Waals surface area (Å²) in [5.74, 6) is -2.09. The third-order valence-corrected chi connectivity index (χ3v) is 4.85. The highest BCUT2D eigenvalue weighted by Crippen LogP contribution is 2.33. The number of sulfonamides is 1. The predicted octanol–water partition coefficient (Wildman–Crippen LogP) is 1.71. The van der Waals surface area contributed by atoms with Gasteiger partial charge in [-0.05, 0) is 25.1 Å². The number of esters is 1. The lowest BCUT2D eigenvalue weighted by Crippen LogP contribution is -2.69. The largest absolute Gasteiger partial charge is 0.461 e. The van der Waals surface area contributed by atoms with Gasteiger partial charge in [-0.3, -0.25) is 0 Å². The van der Waals surface area contributed by atoms with Gasteiger partial charge in [0.15, 0.2) is 0 Å². The Hall–Kier alpha value is -2.66. The van der Waals surface area contributed by atoms with E-state index in [-0.39, 0.29) is 12.4 Å². The zero-order valence-electron chi connectivity index (χ0n) is 14.1. The molecule has 0 saturated heterocycles. The molecule has 2 aromatic rings. The summed E-state index contributed by atoms with van der Waals surface area (Å²) in [4.78, 5) is 14.3. The number of carbonyl (C=O) groups excluding carboxylic acids is 1. The maximum absolute atomic E-state index is 14.0. The molecule has 11 heteroatoms. The van der Waals surface area contributed by atoms with Crippen molar-refractivity contribution in [3.05, 3.63) is 54.7 Å². The van der Waals surface area contributed by atoms with E-state index in [1.54, 1.807) is 0 Å². The van der Waals surface area contributed by atoms with E-state index in [1.165, 1.54) is 54.2 Å². The van der Waals surface area contributed by atoms with Crippen LogP contribution < -0.4 is 15.0 Å². The van der Waals surface area contributed by atoms with Crippen molar-refractivity contribution in [3.8, 4) is 0 Å². The van der Waals surface area contributed by atoms with Gasteiger partial charge in [-0.1, -0.05) is 24.3 Å². The summed E-state index contributed by atoms with van der Waals surface area (Å²) in [7, 11) is -4.73. The normalized spacial score (nSPS) is 14.2. The SMILES string of the molecule is CCOC(=O)[C@@](Nc1cccc[nH+]1)(NS(=O)(=O)c1ccccc1)C(F)(F)F. The lowest BCUT2D eigenvalue weighted by molar-refractivity contribution is -0.363. The van der Waals surface area contributed by atoms with Crippen LogP contribution >= 0.6 is 0 Å². The van der Waals surface area contributed by atoms with Gasteiger partial charge in [0.05, 0.1) is 17.7 Å². The monoisotopic (exact) mass is 404 g/mol. The molecule has 0 aliphatic carbocycles. The summed E-state index contributed by atoms with van der Waals surface area (Å²) in [5, 5.41) is 1.90. The van der Waals surface area contributed by atoms with Crippen molar-refractivity contribution in [2.24, 2.45) is 0 Å². The van der Waals surface area contributed by atoms with E-state index in [2.05, 4.69) is 9.72 Å². The van der Waals surface area contributed by atoms with Crippen LogP contribution in [0.3, 0.4) is 0 Å². The average molecular weight is 404 g/mol. The molecule has 1 aromatic heterocycles. The highest BCUT2D eigenvalue weighted by molar-refractivity contribution is 7.89. The van der Waals surface area contributed by atoms with Crippen molar-refractivity contribution >= 4 is 21.8 Å². The van der Waals surface area contributed by atoms with Gasteiger partial charge in [-0.25, -0.2) is 23.5 Å². The Labute approximate surface area is 153 Å². The van der Waals surface area contributed by atoms with Crippen molar-refractivity contribution in [3.63, 3.8) is 0 Å². The van der Waals surface area contributed by atoms with E-state index in [0.29, 0.717) is 0 Å². The molecule has 0 bridgehead atoms. The number of halogens is 3. The number of alkyl halides is 3. The van der Waals surface area contributed by atoms with Crippen LogP contribution in [-0.2, 0) is 19.6 Å². The average Bonchev–Trinajstić information content (AvgIpc) is 2.62. The fourth-order valence-corrected chi connectivity index (χ4v) is 3.42. The van der Waals surface area contributed by atoms with Gasteiger partial charge < -0.3 is 4.74 Å². The number of rotatable bonds is 7. The molecule has 146 valence electrons. The molecule has 1 aromatic carbocycles. The number of ether oxygens (including phenoxy) is 1. The molecule has 7 nitrogen and oxygen atoms in total. The summed E-state index contributed by atoms with van der Waals surface area (Å²) in [6.45, 7) is 0.920. The third-order valence-electron chi connectivity index (χ3n) is 3.38. The molecule has 0 amide bonds. The van der Waals surface area contributed by atoms with E-state index in [1.807, 2.05) is 5.32 Å². The Morgan fingerprint density at radius 2 is 1.74 bits per heavy atom. The number of nitrogens with one attached hydrogen (secondary N) is 3. The van der Waals surface area contributed by atoms with E-state index < -0.39 is 32.7 Å². The number of anilines is 1. The maximum atomic E-state index is 14.0. The van der Waals surface area contributed by atoms with E-state index in [4.69, 9.17) is 0 Å². The number of aromatic amines is 1. The minimum atomic E-state index is -5.37. The van der Waals surface area contributed by atoms with Crippen LogP contribution in [0.2, 0.25) is 0 Å². The van der Waals surface area contributed by atoms with Gasteiger partial charge in [-0.15, -0.1) is 4.72 Å². The highest BCUT2D eigenvalue weighted by Gasteiger charge is 2.68. The Kier molecular flexibility index (Phi) is 6.06. The second-order valence-electron chi connectivity index (χ2n) is 5.29. The van der Waals surface area contributed by atoms with Gasteiger partial charge in [0, 0.05) is 6.07 Å². The van der Waals surface area contributed by atoms with E-state index in [9.17, 15) is 26.4 Å². The summed E-state index contributed by atoms with van der Waals surface area (Å²) in [5.41, 5.74) is -3.74. The van der Waals surface area contributed by atoms with Crippen LogP contribution in [0.5, 0.6) is 0 Å². The van der Waals surface area contributed by atoms with E-state index in [0.717, 1.165) is 12.1 Å². The predicted molar refractivity (Wildman–Crippen MR) is 88.8 cm³/mol. The Balaban J connectivity index is 2.58. The zero-order valence-corrected chi connectivity index (χ0v) is 14.9. The molecule has 3 N–H and O–H groups in total. The van der Waals surface area contributed by atoms with Crippen molar-refractivity contribution in [1.82, 2.24) is 4.72 Å². The molecule has 2 rings (SSSR count). The van der Waals surface area contributed by atoms with Crippen LogP contribution in [0.15, 0.2) is 59.6 Å². The molecule has 0 aliphatic rings. The molecule has 27 heavy (non-hydrogen) atoms. The van der Waals surface area contributed by atoms with Crippen molar-refractivity contribution in [2.45, 2.75) is 23.7 Å². The summed E-state index contributed by atoms with van der Waals surface area (Å²) in [6, 6.07) is 10.5. The second kappa shape index (κ2) is 7.92. The molecule has 0 spiro atoms. The van der Waals surface area contributed by atoms with Crippen molar-refractivity contribution in [2.75, 3.05) is 11.9 Å². The van der Waals surface area contributed by atoms with Gasteiger partial charge in [0.1, 0.15) is 0 Å². The number of hydrogen-bond donors (Lipinski definition) is 2. The molecular formula is C16H17F3N3O4S+. The summed E-state index contributed by atoms with van der Waals surface area (Å²) < 4.78 is 72.9. The molecule has 0 unspecified atom stereocenters. The van der Waals surface area contributed by atoms with Gasteiger partial charge in [0.25, 0.3) is 5.82 Å². The smallest absolute Gasteiger partial charge is 0.459 e. The minimum absolute atomic E-state index is 0.251. The maximum Gasteiger partial charge on any atom is 0.459 e. The fraction of sp³-hybridized carbons (Fsp3) is 0.250. The molecule has 0 saturated carbocycles. The molecule has 0 fully saturated rings. The van der Waals surface area contributed by atoms with Crippen LogP contribution in [0, 0.1) is 0 Å². The molecule has 0 radical (unpaired) electrons. The van der Waals surface area contributed by atoms with Crippen LogP contribution in [0.1, 0.15) is 6.92 Å². The Morgan fingerprint density at radius 3 is 2.26 bits per heavy atom. The first-order valence-electron chi connectivity index (χ1n) is 7.70. The lowest BCUT2D eigenvalue weighted by atomic mass is 10.1. The number of pyridine rings is 1. The lowest BCUT2D eigenvalue weighted by Gasteiger charge is -2.30. The van der Waals surface area contributed by atoms with Crippen LogP contribution in [0.25, 0.3) is 0 Å². The second-order valence-corrected chi connectivity index (χ2v) is 6.97. The number of hydrogen-bond acceptors (Lipinski definition) is 5. The topological polar surface area (TPSA) is 98.6 Å². The molecular weight excluding hydrogens is 387 g/mol. The first-order chi connectivity index (χ1) is 12.6. The Bertz CT molecular complexity index is 877. The molecule has 1 heterocycles. The number of aromatic nitrogens is 1. The van der Waals surface area contributed by atoms with Gasteiger partial charge in [-0.2, -0.15) is 13.2 Å². The van der Waals surface area contributed by atoms with Crippen LogP contribution in [0.4, 0.5) is 19.0 Å².